The van der Waals surface area contributed by atoms with Crippen LogP contribution in [0.1, 0.15) is 68.5 Å². The maximum absolute atomic E-state index is 13.1. The molecular formula is C21H31N3OS. The summed E-state index contributed by atoms with van der Waals surface area (Å²) in [5.41, 5.74) is 1.14. The van der Waals surface area contributed by atoms with Crippen molar-refractivity contribution in [3.63, 3.8) is 0 Å². The number of rotatable bonds is 5. The first kappa shape index (κ1) is 17.2. The second-order valence-corrected chi connectivity index (χ2v) is 10.4. The van der Waals surface area contributed by atoms with Gasteiger partial charge in [0, 0.05) is 17.3 Å². The number of hydrogen-bond donors (Lipinski definition) is 1. The fraction of sp³-hybridized carbons (Fsp3) is 0.810. The van der Waals surface area contributed by atoms with E-state index in [1.165, 1.54) is 57.3 Å². The van der Waals surface area contributed by atoms with E-state index in [4.69, 9.17) is 4.98 Å². The van der Waals surface area contributed by atoms with E-state index in [-0.39, 0.29) is 5.41 Å². The summed E-state index contributed by atoms with van der Waals surface area (Å²) < 4.78 is 0. The molecule has 0 unspecified atom stereocenters. The third-order valence-electron chi connectivity index (χ3n) is 7.35. The summed E-state index contributed by atoms with van der Waals surface area (Å²) in [7, 11) is 0. The summed E-state index contributed by atoms with van der Waals surface area (Å²) in [6.45, 7) is 4.00. The van der Waals surface area contributed by atoms with Gasteiger partial charge in [0.15, 0.2) is 0 Å². The van der Waals surface area contributed by atoms with Gasteiger partial charge in [0.25, 0.3) is 0 Å². The van der Waals surface area contributed by atoms with E-state index in [0.717, 1.165) is 48.6 Å². The lowest BCUT2D eigenvalue weighted by Crippen LogP contribution is -2.53. The van der Waals surface area contributed by atoms with Gasteiger partial charge in [0.05, 0.1) is 12.2 Å². The number of nitrogens with one attached hydrogen (secondary N) is 1. The van der Waals surface area contributed by atoms with Crippen LogP contribution in [0.15, 0.2) is 5.38 Å². The molecule has 0 spiro atoms. The van der Waals surface area contributed by atoms with Crippen molar-refractivity contribution in [3.8, 4) is 0 Å². The monoisotopic (exact) mass is 373 g/mol. The van der Waals surface area contributed by atoms with Gasteiger partial charge < -0.3 is 5.32 Å². The Hall–Kier alpha value is -0.940. The quantitative estimate of drug-likeness (QED) is 0.850. The summed E-state index contributed by atoms with van der Waals surface area (Å²) in [6.07, 6.45) is 11.6. The number of hydrogen-bond acceptors (Lipinski definition) is 4. The lowest BCUT2D eigenvalue weighted by molar-refractivity contribution is -0.146. The predicted molar refractivity (Wildman–Crippen MR) is 104 cm³/mol. The molecule has 1 aliphatic heterocycles. The van der Waals surface area contributed by atoms with Crippen LogP contribution < -0.4 is 5.32 Å². The molecule has 0 atom stereocenters. The summed E-state index contributed by atoms with van der Waals surface area (Å²) in [5.74, 6) is 2.79. The smallest absolute Gasteiger partial charge is 0.226 e. The Kier molecular flexibility index (Phi) is 4.56. The van der Waals surface area contributed by atoms with Crippen LogP contribution in [0.5, 0.6) is 0 Å². The van der Waals surface area contributed by atoms with Crippen molar-refractivity contribution in [1.29, 1.82) is 0 Å². The summed E-state index contributed by atoms with van der Waals surface area (Å²) in [4.78, 5) is 20.3. The van der Waals surface area contributed by atoms with Crippen molar-refractivity contribution < 1.29 is 4.79 Å². The number of aromatic nitrogens is 1. The van der Waals surface area contributed by atoms with E-state index in [9.17, 15) is 4.79 Å². The molecule has 26 heavy (non-hydrogen) atoms. The first-order valence-electron chi connectivity index (χ1n) is 10.6. The van der Waals surface area contributed by atoms with E-state index in [1.807, 2.05) is 0 Å². The average molecular weight is 374 g/mol. The molecule has 5 aliphatic rings. The highest BCUT2D eigenvalue weighted by atomic mass is 32.1. The van der Waals surface area contributed by atoms with Gasteiger partial charge >= 0.3 is 0 Å². The van der Waals surface area contributed by atoms with Crippen molar-refractivity contribution in [2.45, 2.75) is 70.9 Å². The minimum Gasteiger partial charge on any atom is -0.349 e. The van der Waals surface area contributed by atoms with Gasteiger partial charge in [-0.2, -0.15) is 0 Å². The zero-order valence-corrected chi connectivity index (χ0v) is 16.5. The third-order valence-corrected chi connectivity index (χ3v) is 8.25. The number of nitrogens with zero attached hydrogens (tertiary/aromatic N) is 2. The van der Waals surface area contributed by atoms with Crippen LogP contribution >= 0.6 is 11.3 Å². The lowest BCUT2D eigenvalue weighted by atomic mass is 9.49. The van der Waals surface area contributed by atoms with Crippen molar-refractivity contribution >= 4 is 17.2 Å². The Labute approximate surface area is 160 Å². The Balaban J connectivity index is 1.17. The number of carbonyl (C=O) groups excluding carboxylic acids is 1. The first-order chi connectivity index (χ1) is 12.7. The summed E-state index contributed by atoms with van der Waals surface area (Å²) in [6, 6.07) is 0. The normalized spacial score (nSPS) is 36.4. The molecule has 6 rings (SSSR count). The van der Waals surface area contributed by atoms with E-state index in [0.29, 0.717) is 12.5 Å². The molecule has 4 bridgehead atoms. The van der Waals surface area contributed by atoms with Gasteiger partial charge in [-0.1, -0.05) is 6.42 Å². The zero-order valence-electron chi connectivity index (χ0n) is 15.7. The van der Waals surface area contributed by atoms with Crippen LogP contribution in [0.25, 0.3) is 0 Å². The number of likely N-dealkylation sites (tertiary alicyclic amines) is 1. The average Bonchev–Trinajstić information content (AvgIpc) is 3.07. The molecular weight excluding hydrogens is 342 g/mol. The molecule has 0 radical (unpaired) electrons. The molecule has 1 amide bonds. The maximum atomic E-state index is 13.1. The first-order valence-corrected chi connectivity index (χ1v) is 11.5. The predicted octanol–water partition coefficient (Wildman–Crippen LogP) is 3.96. The van der Waals surface area contributed by atoms with E-state index >= 15 is 0 Å². The highest BCUT2D eigenvalue weighted by molar-refractivity contribution is 7.09. The van der Waals surface area contributed by atoms with Crippen LogP contribution in [0.3, 0.4) is 0 Å². The molecule has 4 saturated carbocycles. The Morgan fingerprint density at radius 2 is 1.77 bits per heavy atom. The molecule has 4 aliphatic carbocycles. The molecule has 0 aromatic carbocycles. The third kappa shape index (κ3) is 3.33. The number of thiazole rings is 1. The molecule has 1 aromatic rings. The van der Waals surface area contributed by atoms with E-state index in [1.54, 1.807) is 11.3 Å². The van der Waals surface area contributed by atoms with Crippen LogP contribution in [0.2, 0.25) is 0 Å². The van der Waals surface area contributed by atoms with Crippen molar-refractivity contribution in [2.24, 2.45) is 23.2 Å². The molecule has 5 heteroatoms. The molecule has 4 nitrogen and oxygen atoms in total. The molecule has 2 heterocycles. The van der Waals surface area contributed by atoms with Crippen LogP contribution in [0.4, 0.5) is 0 Å². The SMILES string of the molecule is O=C(NCc1nc(CN2CCCCC2)cs1)C12CC3CC(CC(C3)C1)C2. The summed E-state index contributed by atoms with van der Waals surface area (Å²) in [5, 5.41) is 6.51. The summed E-state index contributed by atoms with van der Waals surface area (Å²) >= 11 is 1.70. The van der Waals surface area contributed by atoms with Crippen LogP contribution in [0, 0.1) is 23.2 Å². The second-order valence-electron chi connectivity index (χ2n) is 9.45. The van der Waals surface area contributed by atoms with Gasteiger partial charge in [0.1, 0.15) is 5.01 Å². The van der Waals surface area contributed by atoms with Gasteiger partial charge in [-0.3, -0.25) is 9.69 Å². The standard InChI is InChI=1S/C21H31N3OS/c25-20(21-9-15-6-16(10-21)8-17(7-15)11-21)22-12-19-23-18(14-26-19)13-24-4-2-1-3-5-24/h14-17H,1-13H2,(H,22,25). The fourth-order valence-electron chi connectivity index (χ4n) is 6.58. The highest BCUT2D eigenvalue weighted by Gasteiger charge is 2.54. The molecule has 1 saturated heterocycles. The topological polar surface area (TPSA) is 45.2 Å². The Morgan fingerprint density at radius 1 is 1.12 bits per heavy atom. The minimum absolute atomic E-state index is 0.0390. The van der Waals surface area contributed by atoms with Gasteiger partial charge in [0.2, 0.25) is 5.91 Å². The maximum Gasteiger partial charge on any atom is 0.226 e. The number of carbonyl (C=O) groups is 1. The van der Waals surface area contributed by atoms with Gasteiger partial charge in [-0.15, -0.1) is 11.3 Å². The number of amides is 1. The van der Waals surface area contributed by atoms with Crippen LogP contribution in [-0.2, 0) is 17.9 Å². The molecule has 1 N–H and O–H groups in total. The fourth-order valence-corrected chi connectivity index (χ4v) is 7.31. The Morgan fingerprint density at radius 3 is 2.42 bits per heavy atom. The molecule has 142 valence electrons. The van der Waals surface area contributed by atoms with Gasteiger partial charge in [-0.25, -0.2) is 4.98 Å². The van der Waals surface area contributed by atoms with Crippen molar-refractivity contribution in [2.75, 3.05) is 13.1 Å². The highest BCUT2D eigenvalue weighted by Crippen LogP contribution is 2.60. The lowest BCUT2D eigenvalue weighted by Gasteiger charge is -2.55. The number of piperidine rings is 1. The Bertz CT molecular complexity index is 629. The van der Waals surface area contributed by atoms with Crippen molar-refractivity contribution in [3.05, 3.63) is 16.1 Å². The zero-order chi connectivity index (χ0) is 17.6. The van der Waals surface area contributed by atoms with Gasteiger partial charge in [-0.05, 0) is 82.2 Å². The van der Waals surface area contributed by atoms with E-state index < -0.39 is 0 Å². The largest absolute Gasteiger partial charge is 0.349 e. The minimum atomic E-state index is -0.0390. The molecule has 1 aromatic heterocycles. The van der Waals surface area contributed by atoms with E-state index in [2.05, 4.69) is 15.6 Å². The van der Waals surface area contributed by atoms with Crippen molar-refractivity contribution in [1.82, 2.24) is 15.2 Å². The van der Waals surface area contributed by atoms with Crippen LogP contribution in [-0.4, -0.2) is 28.9 Å². The molecule has 5 fully saturated rings. The second kappa shape index (κ2) is 6.90.